The first-order valence-electron chi connectivity index (χ1n) is 24.7. The molecule has 388 valence electrons. The smallest absolute Gasteiger partial charge is 0.264 e. The number of piperazine rings is 1. The van der Waals surface area contributed by atoms with Crippen molar-refractivity contribution in [3.63, 3.8) is 0 Å². The number of aromatic nitrogens is 2. The van der Waals surface area contributed by atoms with Gasteiger partial charge < -0.3 is 50.8 Å². The Morgan fingerprint density at radius 1 is 0.849 bits per heavy atom. The van der Waals surface area contributed by atoms with Gasteiger partial charge in [-0.25, -0.2) is 4.98 Å². The molecule has 2 saturated heterocycles. The van der Waals surface area contributed by atoms with E-state index in [2.05, 4.69) is 41.4 Å². The third-order valence-corrected chi connectivity index (χ3v) is 12.7. The third-order valence-electron chi connectivity index (χ3n) is 12.7. The average molecular weight is 1000 g/mol. The number of imide groups is 2. The van der Waals surface area contributed by atoms with Crippen LogP contribution in [0.15, 0.2) is 59.5 Å². The van der Waals surface area contributed by atoms with Crippen molar-refractivity contribution in [2.45, 2.75) is 65.6 Å². The number of benzene rings is 2. The number of hydrogen-bond donors (Lipinski definition) is 7. The Bertz CT molecular complexity index is 2740. The van der Waals surface area contributed by atoms with Crippen molar-refractivity contribution in [3.8, 4) is 11.1 Å². The van der Waals surface area contributed by atoms with Gasteiger partial charge in [-0.15, -0.1) is 0 Å². The summed E-state index contributed by atoms with van der Waals surface area (Å²) >= 11 is 0. The van der Waals surface area contributed by atoms with E-state index in [0.29, 0.717) is 93.8 Å². The molecule has 2 aromatic carbocycles. The van der Waals surface area contributed by atoms with Gasteiger partial charge >= 0.3 is 0 Å². The van der Waals surface area contributed by atoms with Gasteiger partial charge in [-0.05, 0) is 87.7 Å². The molecule has 3 aliphatic heterocycles. The number of amides is 6. The molecule has 1 atom stereocenters. The van der Waals surface area contributed by atoms with Crippen LogP contribution in [0, 0.1) is 19.3 Å². The monoisotopic (exact) mass is 1000 g/mol. The van der Waals surface area contributed by atoms with E-state index in [9.17, 15) is 33.6 Å². The molecular weight excluding hydrogens is 939 g/mol. The lowest BCUT2D eigenvalue weighted by atomic mass is 9.97. The van der Waals surface area contributed by atoms with Crippen molar-refractivity contribution < 1.29 is 43.0 Å². The maximum Gasteiger partial charge on any atom is 0.264 e. The highest BCUT2D eigenvalue weighted by molar-refractivity contribution is 6.25. The summed E-state index contributed by atoms with van der Waals surface area (Å²) in [6.07, 6.45) is 3.46. The summed E-state index contributed by atoms with van der Waals surface area (Å²) < 4.78 is 16.8. The second-order valence-electron chi connectivity index (χ2n) is 18.3. The van der Waals surface area contributed by atoms with E-state index in [-0.39, 0.29) is 48.0 Å². The third kappa shape index (κ3) is 13.8. The molecule has 6 amide bonds. The predicted molar refractivity (Wildman–Crippen MR) is 274 cm³/mol. The van der Waals surface area contributed by atoms with E-state index in [1.54, 1.807) is 30.5 Å². The zero-order chi connectivity index (χ0) is 52.0. The lowest BCUT2D eigenvalue weighted by Gasteiger charge is -2.35. The maximum absolute atomic E-state index is 13.7. The number of piperidine rings is 1. The maximum atomic E-state index is 13.7. The van der Waals surface area contributed by atoms with Gasteiger partial charge in [0.05, 0.1) is 56.3 Å². The molecule has 3 aliphatic rings. The summed E-state index contributed by atoms with van der Waals surface area (Å²) in [7, 11) is 0. The number of aromatic amines is 1. The molecule has 0 aliphatic carbocycles. The topological polar surface area (TPSA) is 270 Å². The molecule has 73 heavy (non-hydrogen) atoms. The van der Waals surface area contributed by atoms with Crippen LogP contribution in [0.25, 0.3) is 11.1 Å². The lowest BCUT2D eigenvalue weighted by Crippen LogP contribution is -2.54. The molecule has 2 aromatic heterocycles. The number of ether oxygens (including phenoxy) is 3. The molecule has 0 radical (unpaired) electrons. The van der Waals surface area contributed by atoms with Crippen molar-refractivity contribution in [1.82, 2.24) is 35.7 Å². The predicted octanol–water partition coefficient (Wildman–Crippen LogP) is 2.99. The number of nitrogens with one attached hydrogen (secondary N) is 7. The fraction of sp³-hybridized carbons (Fsp3) is 0.442. The lowest BCUT2D eigenvalue weighted by molar-refractivity contribution is -0.136. The van der Waals surface area contributed by atoms with Gasteiger partial charge in [0.1, 0.15) is 11.9 Å². The molecule has 21 heteroatoms. The van der Waals surface area contributed by atoms with Crippen LogP contribution in [0.5, 0.6) is 0 Å². The first kappa shape index (κ1) is 53.5. The Morgan fingerprint density at radius 3 is 2.25 bits per heavy atom. The summed E-state index contributed by atoms with van der Waals surface area (Å²) in [6.45, 7) is 14.1. The molecule has 7 rings (SSSR count). The van der Waals surface area contributed by atoms with Crippen molar-refractivity contribution in [2.75, 3.05) is 101 Å². The van der Waals surface area contributed by atoms with E-state index in [0.717, 1.165) is 59.3 Å². The number of anilines is 3. The summed E-state index contributed by atoms with van der Waals surface area (Å²) in [4.78, 5) is 102. The fourth-order valence-electron chi connectivity index (χ4n) is 8.98. The second kappa shape index (κ2) is 25.4. The minimum atomic E-state index is -1.03. The van der Waals surface area contributed by atoms with Gasteiger partial charge in [0.25, 0.3) is 23.3 Å². The zero-order valence-electron chi connectivity index (χ0n) is 41.8. The van der Waals surface area contributed by atoms with Crippen LogP contribution in [0.4, 0.5) is 17.2 Å². The van der Waals surface area contributed by atoms with Crippen LogP contribution < -0.4 is 37.0 Å². The number of aryl methyl sites for hydroxylation is 2. The van der Waals surface area contributed by atoms with Crippen LogP contribution in [-0.2, 0) is 35.1 Å². The molecular formula is C52H65N11O10. The summed E-state index contributed by atoms with van der Waals surface area (Å²) in [5.41, 5.74) is 5.58. The number of rotatable bonds is 25. The SMILES string of the molecule is Cc1cc(C)c(CNC(=O)c2cc(-c3ccc(N4CCN(CCC(=O)NCCOCCOCCOCCNc5cccc6c5C(=O)N(C5CCC(=O)NC5=O)C6=O)CC4)nc3)cc(NC(C)C)c2C=N)c(=O)[nH]1. The van der Waals surface area contributed by atoms with Crippen LogP contribution in [0.1, 0.15) is 86.6 Å². The quantitative estimate of drug-likeness (QED) is 0.0286. The molecule has 2 fully saturated rings. The molecule has 1 unspecified atom stereocenters. The van der Waals surface area contributed by atoms with Crippen LogP contribution >= 0.6 is 0 Å². The first-order chi connectivity index (χ1) is 35.2. The van der Waals surface area contributed by atoms with E-state index < -0.39 is 35.6 Å². The summed E-state index contributed by atoms with van der Waals surface area (Å²) in [5, 5.41) is 22.7. The minimum Gasteiger partial charge on any atom is -0.382 e. The van der Waals surface area contributed by atoms with E-state index in [1.165, 1.54) is 6.21 Å². The number of pyridine rings is 2. The van der Waals surface area contributed by atoms with E-state index >= 15 is 0 Å². The van der Waals surface area contributed by atoms with E-state index in [4.69, 9.17) is 24.6 Å². The summed E-state index contributed by atoms with van der Waals surface area (Å²) in [6, 6.07) is 13.4. The molecule has 0 bridgehead atoms. The zero-order valence-corrected chi connectivity index (χ0v) is 41.8. The molecule has 0 spiro atoms. The highest BCUT2D eigenvalue weighted by Gasteiger charge is 2.45. The molecule has 7 N–H and O–H groups in total. The molecule has 5 heterocycles. The molecule has 0 saturated carbocycles. The van der Waals surface area contributed by atoms with Gasteiger partial charge in [-0.3, -0.25) is 48.7 Å². The minimum absolute atomic E-state index is 0.0388. The normalized spacial score (nSPS) is 15.9. The summed E-state index contributed by atoms with van der Waals surface area (Å²) in [5.74, 6) is -1.84. The Labute approximate surface area is 423 Å². The Hall–Kier alpha value is -7.33. The van der Waals surface area contributed by atoms with E-state index in [1.807, 2.05) is 52.0 Å². The number of carbonyl (C=O) groups is 6. The highest BCUT2D eigenvalue weighted by atomic mass is 16.5. The van der Waals surface area contributed by atoms with Gasteiger partial charge in [-0.1, -0.05) is 6.07 Å². The standard InChI is InChI=1S/C52H65N11O10/c1-32(2)58-42-28-36(27-38(39(42)29-53)48(66)57-31-40-33(3)26-34(4)59-49(40)67)35-8-10-44(56-30-35)62-18-16-61(17-19-62)15-12-45(64)55-14-21-72-23-25-73-24-22-71-20-13-54-41-7-5-6-37-47(41)52(70)63(51(37)69)43-9-11-46(65)60-50(43)68/h5-8,10,26-30,32,43,53-54,58H,9,11-25,31H2,1-4H3,(H,55,64)(H,57,66)(H,59,67)(H,60,65,68). The average Bonchev–Trinajstić information content (AvgIpc) is 3.62. The number of fused-ring (bicyclic) bond motifs is 1. The molecule has 21 nitrogen and oxygen atoms in total. The molecule has 4 aromatic rings. The number of carbonyl (C=O) groups excluding carboxylic acids is 6. The number of nitrogens with zero attached hydrogens (tertiary/aromatic N) is 4. The van der Waals surface area contributed by atoms with Crippen LogP contribution in [-0.4, -0.2) is 159 Å². The second-order valence-corrected chi connectivity index (χ2v) is 18.3. The van der Waals surface area contributed by atoms with Crippen molar-refractivity contribution >= 4 is 58.9 Å². The Morgan fingerprint density at radius 2 is 1.58 bits per heavy atom. The van der Waals surface area contributed by atoms with Crippen LogP contribution in [0.3, 0.4) is 0 Å². The number of H-pyrrole nitrogens is 1. The van der Waals surface area contributed by atoms with Gasteiger partial charge in [0, 0.05) is 117 Å². The number of hydrogen-bond acceptors (Lipinski definition) is 16. The van der Waals surface area contributed by atoms with Gasteiger partial charge in [0.15, 0.2) is 0 Å². The van der Waals surface area contributed by atoms with Crippen molar-refractivity contribution in [2.24, 2.45) is 0 Å². The van der Waals surface area contributed by atoms with Crippen molar-refractivity contribution in [1.29, 1.82) is 5.41 Å². The Balaban J connectivity index is 0.744. The first-order valence-corrected chi connectivity index (χ1v) is 24.7. The largest absolute Gasteiger partial charge is 0.382 e. The van der Waals surface area contributed by atoms with Crippen LogP contribution in [0.2, 0.25) is 0 Å². The van der Waals surface area contributed by atoms with Crippen molar-refractivity contribution in [3.05, 3.63) is 104 Å². The Kier molecular flexibility index (Phi) is 18.6. The van der Waals surface area contributed by atoms with Gasteiger partial charge in [0.2, 0.25) is 17.7 Å². The van der Waals surface area contributed by atoms with Gasteiger partial charge in [-0.2, -0.15) is 0 Å². The fourth-order valence-corrected chi connectivity index (χ4v) is 8.98. The highest BCUT2D eigenvalue weighted by Crippen LogP contribution is 2.33.